The number of aliphatic hydroxyl groups is 16. The van der Waals surface area contributed by atoms with Crippen LogP contribution in [0, 0.1) is 0 Å². The molecule has 12 atom stereocenters. The number of nitrogens with zero attached hydrogens (tertiary/aromatic N) is 5. The largest absolute Gasteiger partial charge is 0.480 e. The predicted octanol–water partition coefficient (Wildman–Crippen LogP) is -14.9. The van der Waals surface area contributed by atoms with Crippen molar-refractivity contribution in [1.82, 2.24) is 45.8 Å². The van der Waals surface area contributed by atoms with E-state index in [0.29, 0.717) is 0 Å². The van der Waals surface area contributed by atoms with Crippen LogP contribution in [-0.4, -0.2) is 386 Å². The van der Waals surface area contributed by atoms with Crippen LogP contribution in [-0.2, 0) is 43.2 Å². The first kappa shape index (κ1) is 77.5. The Balaban J connectivity index is 6.53. The summed E-state index contributed by atoms with van der Waals surface area (Å²) in [6, 6.07) is 0. The van der Waals surface area contributed by atoms with Crippen LogP contribution in [0.25, 0.3) is 0 Å². The molecular weight excluding hydrogens is 1130 g/mol. The number of hydrogen-bond acceptors (Lipinski definition) is 28. The molecule has 0 aromatic heterocycles. The molecule has 0 spiro atoms. The van der Waals surface area contributed by atoms with E-state index in [1.54, 1.807) is 0 Å². The number of carbonyl (C=O) groups excluding carboxylic acids is 6. The van der Waals surface area contributed by atoms with Crippen molar-refractivity contribution in [3.8, 4) is 0 Å². The number of nitrogens with one attached hydrogen (secondary N) is 4. The van der Waals surface area contributed by atoms with Crippen molar-refractivity contribution in [3.05, 3.63) is 0 Å². The third-order valence-electron chi connectivity index (χ3n) is 12.3. The van der Waals surface area contributed by atoms with Crippen molar-refractivity contribution in [3.63, 3.8) is 0 Å². The summed E-state index contributed by atoms with van der Waals surface area (Å²) in [5.41, 5.74) is 0. The van der Waals surface area contributed by atoms with Gasteiger partial charge in [0.25, 0.3) is 23.6 Å². The van der Waals surface area contributed by atoms with E-state index in [0.717, 1.165) is 19.6 Å². The zero-order chi connectivity index (χ0) is 63.5. The van der Waals surface area contributed by atoms with Crippen LogP contribution in [0.15, 0.2) is 0 Å². The Hall–Kier alpha value is -5.53. The lowest BCUT2D eigenvalue weighted by molar-refractivity contribution is -0.143. The van der Waals surface area contributed by atoms with Gasteiger partial charge >= 0.3 is 17.9 Å². The Bertz CT molecular complexity index is 1760. The summed E-state index contributed by atoms with van der Waals surface area (Å²) in [6.07, 6.45) is -25.7. The molecule has 0 heterocycles. The fraction of sp³-hybridized carbons (Fsp3) is 0.804. The van der Waals surface area contributed by atoms with Gasteiger partial charge < -0.3 is 128 Å². The van der Waals surface area contributed by atoms with Gasteiger partial charge in [-0.15, -0.1) is 0 Å². The lowest BCUT2D eigenvalue weighted by atomic mass is 10.1. The molecule has 0 saturated carbocycles. The molecule has 0 aliphatic rings. The van der Waals surface area contributed by atoms with Crippen LogP contribution >= 0.6 is 0 Å². The van der Waals surface area contributed by atoms with E-state index in [1.165, 1.54) is 4.90 Å². The van der Waals surface area contributed by atoms with Crippen molar-refractivity contribution in [2.45, 2.75) is 98.9 Å². The number of rotatable bonds is 48. The second-order valence-corrected chi connectivity index (χ2v) is 18.9. The predicted molar refractivity (Wildman–Crippen MR) is 276 cm³/mol. The molecule has 23 N–H and O–H groups in total. The fourth-order valence-corrected chi connectivity index (χ4v) is 7.49. The number of carbonyl (C=O) groups is 9. The minimum atomic E-state index is -2.23. The molecule has 482 valence electrons. The molecule has 0 bridgehead atoms. The maximum absolute atomic E-state index is 13.8. The summed E-state index contributed by atoms with van der Waals surface area (Å²) in [4.78, 5) is 119. The van der Waals surface area contributed by atoms with Gasteiger partial charge in [0.2, 0.25) is 11.8 Å². The van der Waals surface area contributed by atoms with E-state index in [9.17, 15) is 120 Å². The molecule has 0 aromatic carbocycles. The van der Waals surface area contributed by atoms with Crippen molar-refractivity contribution in [2.24, 2.45) is 0 Å². The van der Waals surface area contributed by atoms with Crippen molar-refractivity contribution >= 4 is 53.4 Å². The summed E-state index contributed by atoms with van der Waals surface area (Å²) in [7, 11) is 0. The van der Waals surface area contributed by atoms with Crippen molar-refractivity contribution in [2.75, 3.05) is 138 Å². The lowest BCUT2D eigenvalue weighted by Gasteiger charge is -2.31. The third-order valence-corrected chi connectivity index (χ3v) is 12.3. The summed E-state index contributed by atoms with van der Waals surface area (Å²) in [5, 5.41) is 195. The Morgan fingerprint density at radius 2 is 0.506 bits per heavy atom. The van der Waals surface area contributed by atoms with Crippen LogP contribution in [0.3, 0.4) is 0 Å². The Kier molecular flexibility index (Phi) is 39.5. The number of hydrogen-bond donors (Lipinski definition) is 23. The molecule has 0 aliphatic carbocycles. The highest BCUT2D eigenvalue weighted by Gasteiger charge is 2.34. The SMILES string of the molecule is O=C(O)CN(CCN(CC(=O)O)CC(=O)N(CCNC(=O)[C@@H](O)[C@@H](O)[C@H](O)CCO)CCNC(=O)[C@@H](O)[C@@H](O)[C@H](O)CCO)CCN(CC(=O)O)CC(=O)N(CCNC(=O)[C@@H](O)[C@@H](O)[C@H](O)CCO)CCNC(=O)[C@@H](O)[C@@H](O)[C@H](O)CCO. The zero-order valence-electron chi connectivity index (χ0n) is 45.5. The van der Waals surface area contributed by atoms with Gasteiger partial charge in [-0.2, -0.15) is 0 Å². The quantitative estimate of drug-likeness (QED) is 0.0269. The van der Waals surface area contributed by atoms with Crippen LogP contribution in [0.1, 0.15) is 25.7 Å². The highest BCUT2D eigenvalue weighted by molar-refractivity contribution is 5.84. The van der Waals surface area contributed by atoms with Gasteiger partial charge in [0, 0.05) is 105 Å². The molecule has 37 nitrogen and oxygen atoms in total. The first-order chi connectivity index (χ1) is 39.0. The van der Waals surface area contributed by atoms with E-state index < -0.39 is 277 Å². The van der Waals surface area contributed by atoms with E-state index in [1.807, 2.05) is 0 Å². The first-order valence-corrected chi connectivity index (χ1v) is 26.1. The number of aliphatic carboxylic acids is 3. The van der Waals surface area contributed by atoms with Gasteiger partial charge in [0.05, 0.1) is 57.1 Å². The average Bonchev–Trinajstić information content (AvgIpc) is 3.43. The maximum Gasteiger partial charge on any atom is 0.317 e. The van der Waals surface area contributed by atoms with Gasteiger partial charge in [-0.25, -0.2) is 0 Å². The lowest BCUT2D eigenvalue weighted by Crippen LogP contribution is -2.52. The number of carboxylic acid groups (broad SMARTS) is 3. The minimum Gasteiger partial charge on any atom is -0.480 e. The highest BCUT2D eigenvalue weighted by atomic mass is 16.4. The number of amides is 6. The van der Waals surface area contributed by atoms with E-state index >= 15 is 0 Å². The second-order valence-electron chi connectivity index (χ2n) is 18.9. The monoisotopic (exact) mass is 1210 g/mol. The van der Waals surface area contributed by atoms with Crippen LogP contribution < -0.4 is 21.3 Å². The topological polar surface area (TPSA) is 602 Å². The molecule has 37 heteroatoms. The van der Waals surface area contributed by atoms with Crippen molar-refractivity contribution < 1.29 is 140 Å². The molecule has 0 unspecified atom stereocenters. The number of carboxylic acids is 3. The molecule has 83 heavy (non-hydrogen) atoms. The fourth-order valence-electron chi connectivity index (χ4n) is 7.49. The van der Waals surface area contributed by atoms with Gasteiger partial charge in [-0.3, -0.25) is 57.9 Å². The normalized spacial score (nSPS) is 16.0. The van der Waals surface area contributed by atoms with E-state index in [4.69, 9.17) is 20.4 Å². The Labute approximate surface area is 475 Å². The second kappa shape index (κ2) is 42.3. The molecule has 0 radical (unpaired) electrons. The molecular formula is C46H85N9O28. The standard InChI is InChI=1S/C46H85N9O28/c56-17-1-26(60)35(72)39(76)43(80)47-5-9-54(10-6-48-44(81)40(77)36(73)27(61)2-18-57)30(64)21-52(24-33(68)69)15-13-51(23-32(66)67)14-16-53(25-34(70)71)22-31(65)55(11-7-49-45(82)41(78)37(74)28(62)3-19-58)12-8-50-46(83)42(79)38(75)29(63)4-20-59/h26-29,35-42,56-63,72-79H,1-25H2,(H,47,80)(H,48,81)(H,49,82)(H,50,83)(H,66,67)(H,68,69)(H,70,71)/t26-,27-,28-,29-,35+,36+,37+,38+,39+,40+,41+,42+/m1/s1. The molecule has 0 saturated heterocycles. The average molecular weight is 1210 g/mol. The van der Waals surface area contributed by atoms with Crippen LogP contribution in [0.5, 0.6) is 0 Å². The highest BCUT2D eigenvalue weighted by Crippen LogP contribution is 2.09. The van der Waals surface area contributed by atoms with Gasteiger partial charge in [-0.05, 0) is 25.7 Å². The maximum atomic E-state index is 13.8. The molecule has 0 aromatic rings. The summed E-state index contributed by atoms with van der Waals surface area (Å²) in [5.74, 6) is -11.2. The van der Waals surface area contributed by atoms with E-state index in [2.05, 4.69) is 21.3 Å². The Morgan fingerprint density at radius 1 is 0.301 bits per heavy atom. The Morgan fingerprint density at radius 3 is 0.711 bits per heavy atom. The molecule has 6 amide bonds. The van der Waals surface area contributed by atoms with Crippen molar-refractivity contribution in [1.29, 1.82) is 0 Å². The third kappa shape index (κ3) is 31.3. The summed E-state index contributed by atoms with van der Waals surface area (Å²) >= 11 is 0. The van der Waals surface area contributed by atoms with Gasteiger partial charge in [-0.1, -0.05) is 0 Å². The van der Waals surface area contributed by atoms with E-state index in [-0.39, 0.29) is 13.1 Å². The smallest absolute Gasteiger partial charge is 0.317 e. The zero-order valence-corrected chi connectivity index (χ0v) is 45.5. The first-order valence-electron chi connectivity index (χ1n) is 26.1. The van der Waals surface area contributed by atoms with Gasteiger partial charge in [0.15, 0.2) is 24.4 Å². The molecule has 0 rings (SSSR count). The van der Waals surface area contributed by atoms with Crippen LogP contribution in [0.4, 0.5) is 0 Å². The minimum absolute atomic E-state index is 0.362. The summed E-state index contributed by atoms with van der Waals surface area (Å²) < 4.78 is 0. The van der Waals surface area contributed by atoms with Gasteiger partial charge in [0.1, 0.15) is 24.4 Å². The van der Waals surface area contributed by atoms with Crippen LogP contribution in [0.2, 0.25) is 0 Å². The number of aliphatic hydroxyl groups excluding tert-OH is 16. The molecule has 0 aliphatic heterocycles. The molecule has 0 fully saturated rings. The summed E-state index contributed by atoms with van der Waals surface area (Å²) in [6.45, 7) is -11.9.